The normalized spacial score (nSPS) is 11.9. The maximum Gasteiger partial charge on any atom is 0.159 e. The van der Waals surface area contributed by atoms with Crippen molar-refractivity contribution in [3.8, 4) is 5.69 Å². The number of aromatic nitrogens is 2. The molecule has 4 heteroatoms. The molecule has 0 N–H and O–H groups in total. The molecule has 3 heterocycles. The maximum atomic E-state index is 6.71. The average molecular weight is 618 g/mol. The van der Waals surface area contributed by atoms with Gasteiger partial charge in [0, 0.05) is 55.8 Å². The summed E-state index contributed by atoms with van der Waals surface area (Å²) in [6, 6.07) is 56.6. The van der Waals surface area contributed by atoms with Crippen LogP contribution in [0.25, 0.3) is 71.2 Å². The van der Waals surface area contributed by atoms with Crippen LogP contribution in [0, 0.1) is 0 Å². The molecule has 0 aliphatic rings. The summed E-state index contributed by atoms with van der Waals surface area (Å²) in [5.74, 6) is 0. The van der Waals surface area contributed by atoms with Gasteiger partial charge in [0.2, 0.25) is 0 Å². The monoisotopic (exact) mass is 617 g/mol. The Morgan fingerprint density at radius 1 is 0.500 bits per heavy atom. The number of hydrogen-bond donors (Lipinski definition) is 0. The highest BCUT2D eigenvalue weighted by molar-refractivity contribution is 6.19. The number of rotatable bonds is 5. The topological polar surface area (TPSA) is 26.2 Å². The van der Waals surface area contributed by atoms with Gasteiger partial charge in [-0.1, -0.05) is 97.1 Å². The number of fused-ring (bicyclic) bond motifs is 9. The lowest BCUT2D eigenvalue weighted by molar-refractivity contribution is 0.669. The summed E-state index contributed by atoms with van der Waals surface area (Å²) in [5, 5.41) is 7.17. The lowest BCUT2D eigenvalue weighted by Crippen LogP contribution is -2.11. The van der Waals surface area contributed by atoms with Gasteiger partial charge in [-0.3, -0.25) is 0 Å². The standard InChI is InChI=1S/C44H31N3O/c1-2-45-36-20-9-6-16-31(36)32-27-26-30(28-41(32)45)47(40-24-12-19-34-33-17-8-11-25-42(33)48-44(34)40)39-23-13-22-38-43(39)35-18-7-10-21-37(35)46(38)29-14-4-3-5-15-29/h3-28H,2H2,1H3. The first kappa shape index (κ1) is 26.9. The van der Waals surface area contributed by atoms with E-state index in [0.717, 1.165) is 56.7 Å². The summed E-state index contributed by atoms with van der Waals surface area (Å²) in [4.78, 5) is 2.41. The van der Waals surface area contributed by atoms with Gasteiger partial charge in [-0.05, 0) is 67.6 Å². The highest BCUT2D eigenvalue weighted by Gasteiger charge is 2.24. The first-order valence-corrected chi connectivity index (χ1v) is 16.6. The fraction of sp³-hybridized carbons (Fsp3) is 0.0455. The van der Waals surface area contributed by atoms with Gasteiger partial charge >= 0.3 is 0 Å². The van der Waals surface area contributed by atoms with E-state index in [2.05, 4.69) is 173 Å². The van der Waals surface area contributed by atoms with Gasteiger partial charge in [0.1, 0.15) is 5.58 Å². The quantitative estimate of drug-likeness (QED) is 0.192. The molecular formula is C44H31N3O. The summed E-state index contributed by atoms with van der Waals surface area (Å²) in [5.41, 5.74) is 10.9. The van der Waals surface area contributed by atoms with E-state index < -0.39 is 0 Å². The van der Waals surface area contributed by atoms with Gasteiger partial charge in [-0.2, -0.15) is 0 Å². The number of nitrogens with zero attached hydrogens (tertiary/aromatic N) is 3. The summed E-state index contributed by atoms with van der Waals surface area (Å²) < 4.78 is 11.5. The van der Waals surface area contributed by atoms with Crippen molar-refractivity contribution in [1.29, 1.82) is 0 Å². The van der Waals surface area contributed by atoms with Crippen molar-refractivity contribution in [3.05, 3.63) is 158 Å². The van der Waals surface area contributed by atoms with E-state index in [0.29, 0.717) is 0 Å². The predicted octanol–water partition coefficient (Wildman–Crippen LogP) is 12.3. The van der Waals surface area contributed by atoms with E-state index >= 15 is 0 Å². The van der Waals surface area contributed by atoms with Gasteiger partial charge in [0.05, 0.1) is 27.9 Å². The molecule has 0 spiro atoms. The van der Waals surface area contributed by atoms with Crippen molar-refractivity contribution in [3.63, 3.8) is 0 Å². The van der Waals surface area contributed by atoms with Crippen molar-refractivity contribution in [2.75, 3.05) is 4.90 Å². The molecular weight excluding hydrogens is 587 g/mol. The van der Waals surface area contributed by atoms with Crippen LogP contribution in [0.4, 0.5) is 17.1 Å². The van der Waals surface area contributed by atoms with E-state index in [9.17, 15) is 0 Å². The van der Waals surface area contributed by atoms with Gasteiger partial charge in [-0.15, -0.1) is 0 Å². The Morgan fingerprint density at radius 3 is 2.00 bits per heavy atom. The minimum absolute atomic E-state index is 0.874. The molecule has 0 aliphatic carbocycles. The number of hydrogen-bond acceptors (Lipinski definition) is 2. The van der Waals surface area contributed by atoms with E-state index in [1.165, 1.54) is 38.1 Å². The zero-order chi connectivity index (χ0) is 31.8. The Kier molecular flexibility index (Phi) is 5.82. The minimum Gasteiger partial charge on any atom is -0.454 e. The minimum atomic E-state index is 0.874. The summed E-state index contributed by atoms with van der Waals surface area (Å²) in [6.45, 7) is 3.11. The first-order chi connectivity index (χ1) is 23.8. The lowest BCUT2D eigenvalue weighted by Gasteiger charge is -2.27. The number of benzene rings is 7. The van der Waals surface area contributed by atoms with E-state index in [4.69, 9.17) is 4.42 Å². The summed E-state index contributed by atoms with van der Waals surface area (Å²) in [7, 11) is 0. The zero-order valence-corrected chi connectivity index (χ0v) is 26.5. The molecule has 0 unspecified atom stereocenters. The van der Waals surface area contributed by atoms with E-state index in [1.807, 2.05) is 6.07 Å². The molecule has 0 saturated heterocycles. The van der Waals surface area contributed by atoms with Gasteiger partial charge < -0.3 is 18.5 Å². The third-order valence-corrected chi connectivity index (χ3v) is 9.89. The van der Waals surface area contributed by atoms with Crippen LogP contribution in [-0.4, -0.2) is 9.13 Å². The van der Waals surface area contributed by atoms with Gasteiger partial charge in [-0.25, -0.2) is 0 Å². The Hall–Kier alpha value is -6.26. The number of furan rings is 1. The fourth-order valence-electron chi connectivity index (χ4n) is 7.88. The maximum absolute atomic E-state index is 6.71. The number of para-hydroxylation sites is 5. The van der Waals surface area contributed by atoms with Gasteiger partial charge in [0.25, 0.3) is 0 Å². The largest absolute Gasteiger partial charge is 0.454 e. The predicted molar refractivity (Wildman–Crippen MR) is 201 cm³/mol. The molecule has 10 rings (SSSR count). The first-order valence-electron chi connectivity index (χ1n) is 16.6. The van der Waals surface area contributed by atoms with Crippen LogP contribution in [-0.2, 0) is 6.54 Å². The number of anilines is 3. The molecule has 0 amide bonds. The number of aryl methyl sites for hydroxylation is 1. The molecule has 0 saturated carbocycles. The van der Waals surface area contributed by atoms with Gasteiger partial charge in [0.15, 0.2) is 5.58 Å². The fourth-order valence-corrected chi connectivity index (χ4v) is 7.88. The second-order valence-corrected chi connectivity index (χ2v) is 12.4. The lowest BCUT2D eigenvalue weighted by atomic mass is 10.1. The SMILES string of the molecule is CCn1c2ccccc2c2ccc(N(c3cccc4c3oc3ccccc34)c3cccc4c3c3ccccc3n4-c3ccccc3)cc21. The average Bonchev–Trinajstić information content (AvgIpc) is 3.80. The molecule has 7 aromatic carbocycles. The molecule has 48 heavy (non-hydrogen) atoms. The van der Waals surface area contributed by atoms with E-state index in [-0.39, 0.29) is 0 Å². The van der Waals surface area contributed by atoms with Crippen LogP contribution in [0.15, 0.2) is 162 Å². The Labute approximate surface area is 277 Å². The molecule has 0 aliphatic heterocycles. The van der Waals surface area contributed by atoms with Crippen molar-refractivity contribution < 1.29 is 4.42 Å². The summed E-state index contributed by atoms with van der Waals surface area (Å²) in [6.07, 6.45) is 0. The Morgan fingerprint density at radius 2 is 1.15 bits per heavy atom. The Balaban J connectivity index is 1.34. The highest BCUT2D eigenvalue weighted by atomic mass is 16.3. The van der Waals surface area contributed by atoms with Crippen LogP contribution in [0.2, 0.25) is 0 Å². The van der Waals surface area contributed by atoms with Crippen molar-refractivity contribution in [2.45, 2.75) is 13.5 Å². The molecule has 0 radical (unpaired) electrons. The smallest absolute Gasteiger partial charge is 0.159 e. The molecule has 228 valence electrons. The van der Waals surface area contributed by atoms with Crippen LogP contribution in [0.5, 0.6) is 0 Å². The molecule has 0 fully saturated rings. The molecule has 4 nitrogen and oxygen atoms in total. The van der Waals surface area contributed by atoms with E-state index in [1.54, 1.807) is 0 Å². The molecule has 10 aromatic rings. The second-order valence-electron chi connectivity index (χ2n) is 12.4. The molecule has 0 bridgehead atoms. The second kappa shape index (κ2) is 10.4. The summed E-state index contributed by atoms with van der Waals surface area (Å²) >= 11 is 0. The van der Waals surface area contributed by atoms with Crippen molar-refractivity contribution in [1.82, 2.24) is 9.13 Å². The van der Waals surface area contributed by atoms with Crippen molar-refractivity contribution in [2.24, 2.45) is 0 Å². The van der Waals surface area contributed by atoms with Crippen LogP contribution in [0.3, 0.4) is 0 Å². The Bertz CT molecular complexity index is 2840. The molecule has 3 aromatic heterocycles. The van der Waals surface area contributed by atoms with Crippen molar-refractivity contribution >= 4 is 82.6 Å². The molecule has 0 atom stereocenters. The van der Waals surface area contributed by atoms with Crippen LogP contribution in [0.1, 0.15) is 6.92 Å². The van der Waals surface area contributed by atoms with Crippen LogP contribution >= 0.6 is 0 Å². The highest BCUT2D eigenvalue weighted by Crippen LogP contribution is 2.47. The zero-order valence-electron chi connectivity index (χ0n) is 26.5. The third-order valence-electron chi connectivity index (χ3n) is 9.89. The third kappa shape index (κ3) is 3.77. The van der Waals surface area contributed by atoms with Crippen LogP contribution < -0.4 is 4.90 Å².